The molecule has 1 aromatic rings. The van der Waals surface area contributed by atoms with E-state index in [2.05, 4.69) is 12.2 Å². The van der Waals surface area contributed by atoms with Gasteiger partial charge in [-0.05, 0) is 30.9 Å². The van der Waals surface area contributed by atoms with Crippen LogP contribution in [-0.2, 0) is 9.53 Å². The molecule has 0 aliphatic heterocycles. The summed E-state index contributed by atoms with van der Waals surface area (Å²) in [4.78, 5) is 24.4. The highest BCUT2D eigenvalue weighted by atomic mass is 16.5. The average Bonchev–Trinajstić information content (AvgIpc) is 3.14. The lowest BCUT2D eigenvalue weighted by atomic mass is 10.0. The summed E-state index contributed by atoms with van der Waals surface area (Å²) in [6, 6.07) is 2.59. The molecule has 1 rings (SSSR count). The maximum atomic E-state index is 12.3. The van der Waals surface area contributed by atoms with Crippen LogP contribution in [0.5, 0.6) is 0 Å². The first-order valence-corrected chi connectivity index (χ1v) is 10.1. The molecule has 148 valence electrons. The Hall–Kier alpha value is -1.78. The number of furan rings is 1. The molecule has 0 saturated heterocycles. The monoisotopic (exact) mass is 365 g/mol. The highest BCUT2D eigenvalue weighted by Crippen LogP contribution is 2.11. The number of unbranched alkanes of at least 4 members (excludes halogenated alkanes) is 7. The third kappa shape index (κ3) is 9.64. The third-order valence-corrected chi connectivity index (χ3v) is 4.28. The Morgan fingerprint density at radius 1 is 1.08 bits per heavy atom. The summed E-state index contributed by atoms with van der Waals surface area (Å²) in [5, 5.41) is 2.72. The first kappa shape index (κ1) is 22.3. The number of nitrogens with one attached hydrogen (secondary N) is 1. The maximum Gasteiger partial charge on any atom is 0.328 e. The molecule has 0 saturated carbocycles. The number of carbonyl (C=O) groups excluding carboxylic acids is 2. The Balaban J connectivity index is 2.27. The molecule has 5 nitrogen and oxygen atoms in total. The van der Waals surface area contributed by atoms with Crippen LogP contribution in [0.15, 0.2) is 22.8 Å². The van der Waals surface area contributed by atoms with E-state index in [1.165, 1.54) is 44.8 Å². The normalized spacial score (nSPS) is 12.2. The smallest absolute Gasteiger partial charge is 0.328 e. The standard InChI is InChI=1S/C21H35NO4/c1-4-5-6-7-8-9-10-11-14-26-21(24)18(16-17(2)3)22-20(23)19-13-12-15-25-19/h12-13,15,17-18H,4-11,14,16H2,1-3H3,(H,22,23). The van der Waals surface area contributed by atoms with E-state index >= 15 is 0 Å². The summed E-state index contributed by atoms with van der Waals surface area (Å²) in [7, 11) is 0. The van der Waals surface area contributed by atoms with E-state index in [1.54, 1.807) is 12.1 Å². The highest BCUT2D eigenvalue weighted by molar-refractivity contribution is 5.94. The lowest BCUT2D eigenvalue weighted by Crippen LogP contribution is -2.42. The highest BCUT2D eigenvalue weighted by Gasteiger charge is 2.24. The van der Waals surface area contributed by atoms with E-state index in [0.717, 1.165) is 12.8 Å². The molecule has 0 bridgehead atoms. The van der Waals surface area contributed by atoms with Gasteiger partial charge in [0.1, 0.15) is 6.04 Å². The summed E-state index contributed by atoms with van der Waals surface area (Å²) < 4.78 is 10.5. The second-order valence-electron chi connectivity index (χ2n) is 7.28. The minimum atomic E-state index is -0.637. The Bertz CT molecular complexity index is 496. The molecule has 0 aliphatic carbocycles. The number of amides is 1. The van der Waals surface area contributed by atoms with Crippen molar-refractivity contribution in [2.24, 2.45) is 5.92 Å². The van der Waals surface area contributed by atoms with E-state index in [9.17, 15) is 9.59 Å². The number of hydrogen-bond donors (Lipinski definition) is 1. The number of ether oxygens (including phenoxy) is 1. The van der Waals surface area contributed by atoms with Crippen LogP contribution in [0.25, 0.3) is 0 Å². The van der Waals surface area contributed by atoms with Crippen molar-refractivity contribution in [3.8, 4) is 0 Å². The van der Waals surface area contributed by atoms with Gasteiger partial charge in [-0.2, -0.15) is 0 Å². The number of hydrogen-bond acceptors (Lipinski definition) is 4. The van der Waals surface area contributed by atoms with E-state index < -0.39 is 6.04 Å². The van der Waals surface area contributed by atoms with Gasteiger partial charge in [0.25, 0.3) is 5.91 Å². The largest absolute Gasteiger partial charge is 0.464 e. The van der Waals surface area contributed by atoms with Crippen molar-refractivity contribution < 1.29 is 18.7 Å². The maximum absolute atomic E-state index is 12.3. The zero-order valence-corrected chi connectivity index (χ0v) is 16.6. The Morgan fingerprint density at radius 2 is 1.73 bits per heavy atom. The molecule has 26 heavy (non-hydrogen) atoms. The molecular weight excluding hydrogens is 330 g/mol. The molecule has 0 radical (unpaired) electrons. The summed E-state index contributed by atoms with van der Waals surface area (Å²) in [5.41, 5.74) is 0. The summed E-state index contributed by atoms with van der Waals surface area (Å²) >= 11 is 0. The van der Waals surface area contributed by atoms with Gasteiger partial charge in [0.2, 0.25) is 0 Å². The van der Waals surface area contributed by atoms with Crippen LogP contribution in [0.1, 0.15) is 89.1 Å². The van der Waals surface area contributed by atoms with Gasteiger partial charge in [0.15, 0.2) is 5.76 Å². The van der Waals surface area contributed by atoms with Gasteiger partial charge in [-0.15, -0.1) is 0 Å². The van der Waals surface area contributed by atoms with Crippen molar-refractivity contribution in [1.29, 1.82) is 0 Å². The van der Waals surface area contributed by atoms with Gasteiger partial charge < -0.3 is 14.5 Å². The topological polar surface area (TPSA) is 68.5 Å². The molecule has 1 N–H and O–H groups in total. The van der Waals surface area contributed by atoms with Gasteiger partial charge in [-0.25, -0.2) is 4.79 Å². The second-order valence-corrected chi connectivity index (χ2v) is 7.28. The Morgan fingerprint density at radius 3 is 2.31 bits per heavy atom. The minimum Gasteiger partial charge on any atom is -0.464 e. The predicted octanol–water partition coefficient (Wildman–Crippen LogP) is 5.11. The zero-order valence-electron chi connectivity index (χ0n) is 16.6. The minimum absolute atomic E-state index is 0.203. The van der Waals surface area contributed by atoms with Crippen LogP contribution < -0.4 is 5.32 Å². The van der Waals surface area contributed by atoms with Gasteiger partial charge in [0, 0.05) is 0 Å². The first-order chi connectivity index (χ1) is 12.5. The lowest BCUT2D eigenvalue weighted by Gasteiger charge is -2.19. The fraction of sp³-hybridized carbons (Fsp3) is 0.714. The van der Waals surface area contributed by atoms with Crippen LogP contribution in [0.3, 0.4) is 0 Å². The number of carbonyl (C=O) groups is 2. The van der Waals surface area contributed by atoms with Crippen molar-refractivity contribution in [1.82, 2.24) is 5.32 Å². The van der Waals surface area contributed by atoms with Gasteiger partial charge in [-0.1, -0.05) is 65.7 Å². The van der Waals surface area contributed by atoms with Crippen molar-refractivity contribution in [3.63, 3.8) is 0 Å². The fourth-order valence-corrected chi connectivity index (χ4v) is 2.83. The van der Waals surface area contributed by atoms with Gasteiger partial charge in [0.05, 0.1) is 12.9 Å². The lowest BCUT2D eigenvalue weighted by molar-refractivity contribution is -0.146. The Kier molecular flexibility index (Phi) is 11.5. The molecule has 1 heterocycles. The molecule has 0 aromatic carbocycles. The van der Waals surface area contributed by atoms with Crippen molar-refractivity contribution in [3.05, 3.63) is 24.2 Å². The quantitative estimate of drug-likeness (QED) is 0.367. The molecule has 1 unspecified atom stereocenters. The number of esters is 1. The summed E-state index contributed by atoms with van der Waals surface area (Å²) in [6.07, 6.45) is 11.6. The number of rotatable bonds is 14. The molecule has 5 heteroatoms. The zero-order chi connectivity index (χ0) is 19.2. The molecule has 1 amide bonds. The predicted molar refractivity (Wildman–Crippen MR) is 103 cm³/mol. The third-order valence-electron chi connectivity index (χ3n) is 4.28. The van der Waals surface area contributed by atoms with Crippen molar-refractivity contribution in [2.75, 3.05) is 6.61 Å². The van der Waals surface area contributed by atoms with Crippen LogP contribution in [0, 0.1) is 5.92 Å². The molecule has 0 spiro atoms. The average molecular weight is 366 g/mol. The van der Waals surface area contributed by atoms with Gasteiger partial charge in [-0.3, -0.25) is 4.79 Å². The first-order valence-electron chi connectivity index (χ1n) is 10.1. The van der Waals surface area contributed by atoms with E-state index in [1.807, 2.05) is 13.8 Å². The molecule has 1 atom stereocenters. The Labute approximate surface area is 157 Å². The van der Waals surface area contributed by atoms with Crippen molar-refractivity contribution in [2.45, 2.75) is 84.6 Å². The van der Waals surface area contributed by atoms with E-state index in [0.29, 0.717) is 13.0 Å². The SMILES string of the molecule is CCCCCCCCCCOC(=O)C(CC(C)C)NC(=O)c1ccco1. The molecular formula is C21H35NO4. The van der Waals surface area contributed by atoms with E-state index in [-0.39, 0.29) is 23.6 Å². The molecule has 1 aromatic heterocycles. The van der Waals surface area contributed by atoms with Gasteiger partial charge >= 0.3 is 5.97 Å². The van der Waals surface area contributed by atoms with Crippen LogP contribution in [0.2, 0.25) is 0 Å². The van der Waals surface area contributed by atoms with Crippen LogP contribution in [-0.4, -0.2) is 24.5 Å². The molecule has 0 fully saturated rings. The summed E-state index contributed by atoms with van der Waals surface area (Å²) in [6.45, 7) is 6.66. The van der Waals surface area contributed by atoms with Crippen LogP contribution >= 0.6 is 0 Å². The van der Waals surface area contributed by atoms with Crippen LogP contribution in [0.4, 0.5) is 0 Å². The molecule has 0 aliphatic rings. The van der Waals surface area contributed by atoms with E-state index in [4.69, 9.17) is 9.15 Å². The van der Waals surface area contributed by atoms with Crippen molar-refractivity contribution >= 4 is 11.9 Å². The second kappa shape index (κ2) is 13.4. The fourth-order valence-electron chi connectivity index (χ4n) is 2.83. The summed E-state index contributed by atoms with van der Waals surface area (Å²) in [5.74, 6) is -0.270.